The van der Waals surface area contributed by atoms with E-state index in [1.807, 2.05) is 54.6 Å². The molecule has 0 unspecified atom stereocenters. The molecule has 0 radical (unpaired) electrons. The molecular formula is C21H22N2O4S. The Balaban J connectivity index is 1.34. The van der Waals surface area contributed by atoms with Crippen molar-refractivity contribution in [3.63, 3.8) is 0 Å². The molecule has 0 aliphatic carbocycles. The lowest BCUT2D eigenvalue weighted by molar-refractivity contribution is -0.139. The molecule has 0 aromatic heterocycles. The van der Waals surface area contributed by atoms with Gasteiger partial charge in [0, 0.05) is 38.0 Å². The number of sulfonamides is 1. The molecule has 146 valence electrons. The first-order valence-corrected chi connectivity index (χ1v) is 10.8. The Kier molecular flexibility index (Phi) is 5.19. The van der Waals surface area contributed by atoms with Crippen molar-refractivity contribution in [2.24, 2.45) is 0 Å². The van der Waals surface area contributed by atoms with Crippen LogP contribution in [-0.4, -0.2) is 55.8 Å². The fraction of sp³-hybridized carbons (Fsp3) is 0.286. The maximum Gasteiger partial charge on any atom is 0.264 e. The molecule has 28 heavy (non-hydrogen) atoms. The molecule has 1 amide bonds. The van der Waals surface area contributed by atoms with Crippen LogP contribution in [-0.2, 0) is 21.2 Å². The van der Waals surface area contributed by atoms with Gasteiger partial charge in [-0.15, -0.1) is 0 Å². The third-order valence-electron chi connectivity index (χ3n) is 5.06. The molecule has 0 N–H and O–H groups in total. The van der Waals surface area contributed by atoms with Gasteiger partial charge in [-0.25, -0.2) is 8.42 Å². The van der Waals surface area contributed by atoms with E-state index < -0.39 is 16.1 Å². The molecule has 6 nitrogen and oxygen atoms in total. The number of nitrogens with zero attached hydrogens (tertiary/aromatic N) is 2. The molecule has 4 rings (SSSR count). The second-order valence-corrected chi connectivity index (χ2v) is 8.72. The van der Waals surface area contributed by atoms with Gasteiger partial charge in [0.15, 0.2) is 6.10 Å². The average molecular weight is 398 g/mol. The highest BCUT2D eigenvalue weighted by molar-refractivity contribution is 7.92. The lowest BCUT2D eigenvalue weighted by atomic mass is 10.1. The molecule has 7 heteroatoms. The quantitative estimate of drug-likeness (QED) is 0.791. The van der Waals surface area contributed by atoms with Crippen molar-refractivity contribution in [2.75, 3.05) is 26.2 Å². The Morgan fingerprint density at radius 3 is 2.36 bits per heavy atom. The molecule has 1 atom stereocenters. The molecule has 2 aromatic carbocycles. The van der Waals surface area contributed by atoms with E-state index in [4.69, 9.17) is 4.74 Å². The number of amides is 1. The largest absolute Gasteiger partial charge is 0.480 e. The zero-order valence-corrected chi connectivity index (χ0v) is 16.2. The summed E-state index contributed by atoms with van der Waals surface area (Å²) in [4.78, 5) is 14.5. The highest BCUT2D eigenvalue weighted by Crippen LogP contribution is 2.29. The van der Waals surface area contributed by atoms with Crippen molar-refractivity contribution in [1.82, 2.24) is 9.21 Å². The van der Waals surface area contributed by atoms with Gasteiger partial charge in [-0.2, -0.15) is 4.31 Å². The number of para-hydroxylation sites is 1. The fourth-order valence-corrected chi connectivity index (χ4v) is 4.67. The summed E-state index contributed by atoms with van der Waals surface area (Å²) in [6.07, 6.45) is 1.64. The molecule has 2 aromatic rings. The van der Waals surface area contributed by atoms with Gasteiger partial charge in [0.25, 0.3) is 5.91 Å². The second kappa shape index (κ2) is 7.77. The predicted octanol–water partition coefficient (Wildman–Crippen LogP) is 2.14. The first-order valence-electron chi connectivity index (χ1n) is 9.29. The van der Waals surface area contributed by atoms with Crippen LogP contribution >= 0.6 is 0 Å². The molecule has 0 saturated carbocycles. The maximum absolute atomic E-state index is 12.8. The van der Waals surface area contributed by atoms with Crippen molar-refractivity contribution in [3.8, 4) is 5.75 Å². The number of piperazine rings is 1. The molecular weight excluding hydrogens is 376 g/mol. The van der Waals surface area contributed by atoms with Crippen LogP contribution in [0.1, 0.15) is 11.1 Å². The Labute approximate surface area is 165 Å². The molecule has 1 saturated heterocycles. The minimum atomic E-state index is -3.51. The van der Waals surface area contributed by atoms with Crippen LogP contribution in [0.5, 0.6) is 5.75 Å². The van der Waals surface area contributed by atoms with E-state index in [0.29, 0.717) is 19.5 Å². The van der Waals surface area contributed by atoms with Crippen molar-refractivity contribution >= 4 is 22.0 Å². The van der Waals surface area contributed by atoms with Crippen LogP contribution in [0.15, 0.2) is 60.0 Å². The van der Waals surface area contributed by atoms with E-state index in [2.05, 4.69) is 0 Å². The lowest BCUT2D eigenvalue weighted by Crippen LogP contribution is -2.53. The number of fused-ring (bicyclic) bond motifs is 1. The topological polar surface area (TPSA) is 66.9 Å². The highest BCUT2D eigenvalue weighted by atomic mass is 32.2. The minimum absolute atomic E-state index is 0.0759. The SMILES string of the molecule is O=C([C@@H]1Cc2ccccc2O1)N1CCN(S(=O)(=O)/C=C/c2ccccc2)CC1. The van der Waals surface area contributed by atoms with Crippen LogP contribution in [0.4, 0.5) is 0 Å². The lowest BCUT2D eigenvalue weighted by Gasteiger charge is -2.34. The molecule has 2 heterocycles. The monoisotopic (exact) mass is 398 g/mol. The van der Waals surface area contributed by atoms with E-state index in [0.717, 1.165) is 16.9 Å². The third-order valence-corrected chi connectivity index (χ3v) is 6.63. The summed E-state index contributed by atoms with van der Waals surface area (Å²) in [6, 6.07) is 17.0. The third kappa shape index (κ3) is 3.95. The van der Waals surface area contributed by atoms with Gasteiger partial charge >= 0.3 is 0 Å². The summed E-state index contributed by atoms with van der Waals surface area (Å²) < 4.78 is 32.3. The Morgan fingerprint density at radius 1 is 0.964 bits per heavy atom. The van der Waals surface area contributed by atoms with Gasteiger partial charge < -0.3 is 9.64 Å². The Morgan fingerprint density at radius 2 is 1.64 bits per heavy atom. The van der Waals surface area contributed by atoms with Crippen LogP contribution in [0.2, 0.25) is 0 Å². The van der Waals surface area contributed by atoms with Crippen molar-refractivity contribution in [1.29, 1.82) is 0 Å². The summed E-state index contributed by atoms with van der Waals surface area (Å²) in [6.45, 7) is 1.31. The van der Waals surface area contributed by atoms with E-state index in [1.54, 1.807) is 11.0 Å². The summed E-state index contributed by atoms with van der Waals surface area (Å²) in [5.41, 5.74) is 1.87. The van der Waals surface area contributed by atoms with Crippen molar-refractivity contribution in [3.05, 3.63) is 71.1 Å². The summed E-state index contributed by atoms with van der Waals surface area (Å²) >= 11 is 0. The Bertz CT molecular complexity index is 955. The van der Waals surface area contributed by atoms with Crippen molar-refractivity contribution < 1.29 is 17.9 Å². The Hall–Kier alpha value is -2.64. The molecule has 2 aliphatic rings. The maximum atomic E-state index is 12.8. The van der Waals surface area contributed by atoms with Crippen LogP contribution in [0, 0.1) is 0 Å². The molecule has 0 bridgehead atoms. The van der Waals surface area contributed by atoms with Crippen LogP contribution < -0.4 is 4.74 Å². The van der Waals surface area contributed by atoms with Gasteiger partial charge in [0.2, 0.25) is 10.0 Å². The summed E-state index contributed by atoms with van der Waals surface area (Å²) in [7, 11) is -3.51. The van der Waals surface area contributed by atoms with Crippen molar-refractivity contribution in [2.45, 2.75) is 12.5 Å². The molecule has 1 fully saturated rings. The number of rotatable bonds is 4. The predicted molar refractivity (Wildman–Crippen MR) is 107 cm³/mol. The normalized spacial score (nSPS) is 20.1. The van der Waals surface area contributed by atoms with E-state index >= 15 is 0 Å². The first-order chi connectivity index (χ1) is 13.5. The van der Waals surface area contributed by atoms with Gasteiger partial charge in [-0.3, -0.25) is 4.79 Å². The number of carbonyl (C=O) groups is 1. The fourth-order valence-electron chi connectivity index (χ4n) is 3.50. The van der Waals surface area contributed by atoms with Gasteiger partial charge in [0.05, 0.1) is 0 Å². The van der Waals surface area contributed by atoms with Gasteiger partial charge in [0.1, 0.15) is 5.75 Å². The number of ether oxygens (including phenoxy) is 1. The number of hydrogen-bond donors (Lipinski definition) is 0. The highest BCUT2D eigenvalue weighted by Gasteiger charge is 2.35. The smallest absolute Gasteiger partial charge is 0.264 e. The summed E-state index contributed by atoms with van der Waals surface area (Å²) in [5.74, 6) is 0.682. The standard InChI is InChI=1S/C21H22N2O4S/c24-21(20-16-18-8-4-5-9-19(18)27-20)22-11-13-23(14-12-22)28(25,26)15-10-17-6-2-1-3-7-17/h1-10,15,20H,11-14,16H2/b15-10+/t20-/m0/s1. The molecule has 0 spiro atoms. The van der Waals surface area contributed by atoms with E-state index in [1.165, 1.54) is 9.71 Å². The zero-order chi connectivity index (χ0) is 19.6. The number of hydrogen-bond acceptors (Lipinski definition) is 4. The summed E-state index contributed by atoms with van der Waals surface area (Å²) in [5, 5.41) is 1.23. The second-order valence-electron chi connectivity index (χ2n) is 6.90. The van der Waals surface area contributed by atoms with E-state index in [9.17, 15) is 13.2 Å². The van der Waals surface area contributed by atoms with Crippen LogP contribution in [0.3, 0.4) is 0 Å². The zero-order valence-electron chi connectivity index (χ0n) is 15.4. The van der Waals surface area contributed by atoms with Gasteiger partial charge in [-0.1, -0.05) is 48.5 Å². The van der Waals surface area contributed by atoms with Gasteiger partial charge in [-0.05, 0) is 23.3 Å². The average Bonchev–Trinajstić information content (AvgIpc) is 3.17. The minimum Gasteiger partial charge on any atom is -0.480 e. The van der Waals surface area contributed by atoms with Crippen LogP contribution in [0.25, 0.3) is 6.08 Å². The number of benzene rings is 2. The molecule has 2 aliphatic heterocycles. The first kappa shape index (κ1) is 18.7. The van der Waals surface area contributed by atoms with E-state index in [-0.39, 0.29) is 19.0 Å². The number of carbonyl (C=O) groups excluding carboxylic acids is 1.